The monoisotopic (exact) mass is 528 g/mol. The van der Waals surface area contributed by atoms with Crippen LogP contribution < -0.4 is 10.1 Å². The number of aliphatic hydroxyl groups is 1. The zero-order chi connectivity index (χ0) is 27.0. The molecule has 1 aliphatic heterocycles. The second-order valence-electron chi connectivity index (χ2n) is 9.48. The molecule has 2 aromatic carbocycles. The van der Waals surface area contributed by atoms with Crippen molar-refractivity contribution in [2.75, 3.05) is 53.0 Å². The van der Waals surface area contributed by atoms with Crippen LogP contribution in [0.25, 0.3) is 11.1 Å². The van der Waals surface area contributed by atoms with E-state index in [1.165, 1.54) is 4.31 Å². The smallest absolute Gasteiger partial charge is 0.244 e. The Morgan fingerprint density at radius 1 is 1.14 bits per heavy atom. The molecule has 3 rings (SSSR count). The van der Waals surface area contributed by atoms with Crippen LogP contribution in [-0.4, -0.2) is 81.6 Å². The van der Waals surface area contributed by atoms with Crippen molar-refractivity contribution in [3.05, 3.63) is 48.0 Å². The van der Waals surface area contributed by atoms with Gasteiger partial charge in [0.25, 0.3) is 0 Å². The van der Waals surface area contributed by atoms with Gasteiger partial charge in [0.05, 0.1) is 30.6 Å². The van der Waals surface area contributed by atoms with E-state index in [1.54, 1.807) is 37.4 Å². The highest BCUT2D eigenvalue weighted by atomic mass is 32.2. The molecule has 1 unspecified atom stereocenters. The predicted octanol–water partition coefficient (Wildman–Crippen LogP) is 2.43. The van der Waals surface area contributed by atoms with E-state index in [9.17, 15) is 18.3 Å². The van der Waals surface area contributed by atoms with E-state index in [0.29, 0.717) is 48.5 Å². The van der Waals surface area contributed by atoms with E-state index in [-0.39, 0.29) is 43.0 Å². The number of carbonyl (C=O) groups excluding carboxylic acids is 1. The maximum atomic E-state index is 14.3. The molecule has 1 amide bonds. The maximum absolute atomic E-state index is 14.3. The summed E-state index contributed by atoms with van der Waals surface area (Å²) < 4.78 is 35.3. The zero-order valence-corrected chi connectivity index (χ0v) is 22.5. The number of ether oxygens (including phenoxy) is 1. The highest BCUT2D eigenvalue weighted by molar-refractivity contribution is 7.89. The summed E-state index contributed by atoms with van der Waals surface area (Å²) in [6.45, 7) is 5.92. The van der Waals surface area contributed by atoms with E-state index >= 15 is 0 Å². The van der Waals surface area contributed by atoms with Crippen molar-refractivity contribution in [3.8, 4) is 22.9 Å². The normalized spacial score (nSPS) is 15.8. The van der Waals surface area contributed by atoms with Crippen molar-refractivity contribution < 1.29 is 23.1 Å². The number of methoxy groups -OCH3 is 1. The average molecular weight is 529 g/mol. The van der Waals surface area contributed by atoms with Gasteiger partial charge in [0.1, 0.15) is 12.3 Å². The van der Waals surface area contributed by atoms with Gasteiger partial charge in [-0.05, 0) is 35.6 Å². The van der Waals surface area contributed by atoms with E-state index in [1.807, 2.05) is 36.9 Å². The molecule has 0 saturated carbocycles. The lowest BCUT2D eigenvalue weighted by Gasteiger charge is -2.35. The SMILES string of the molecule is COc1ccc(-c2cccc(C(CC(C)C)C(=O)NCC#N)c2S(=O)(=O)N2CCN(CCO)CC2)cc1. The number of β-amino-alcohol motifs (C(OH)–C–C–N with tert-alkyl or cyclic N) is 1. The van der Waals surface area contributed by atoms with Gasteiger partial charge in [-0.3, -0.25) is 9.69 Å². The van der Waals surface area contributed by atoms with Gasteiger partial charge in [0.15, 0.2) is 0 Å². The Bertz CT molecular complexity index is 1200. The largest absolute Gasteiger partial charge is 0.497 e. The summed E-state index contributed by atoms with van der Waals surface area (Å²) in [5.74, 6) is -0.351. The van der Waals surface area contributed by atoms with Crippen molar-refractivity contribution in [2.45, 2.75) is 31.1 Å². The maximum Gasteiger partial charge on any atom is 0.244 e. The number of nitrogens with zero attached hydrogens (tertiary/aromatic N) is 3. The molecule has 1 atom stereocenters. The fourth-order valence-electron chi connectivity index (χ4n) is 4.68. The van der Waals surface area contributed by atoms with Crippen LogP contribution in [0, 0.1) is 17.2 Å². The fourth-order valence-corrected chi connectivity index (χ4v) is 6.55. The highest BCUT2D eigenvalue weighted by Crippen LogP contribution is 2.38. The Hall–Kier alpha value is -2.97. The van der Waals surface area contributed by atoms with Crippen LogP contribution in [0.15, 0.2) is 47.4 Å². The molecule has 1 heterocycles. The number of piperazine rings is 1. The summed E-state index contributed by atoms with van der Waals surface area (Å²) in [4.78, 5) is 15.4. The first kappa shape index (κ1) is 28.6. The molecule has 10 heteroatoms. The highest BCUT2D eigenvalue weighted by Gasteiger charge is 2.36. The molecule has 0 aliphatic carbocycles. The fraction of sp³-hybridized carbons (Fsp3) is 0.481. The van der Waals surface area contributed by atoms with Crippen molar-refractivity contribution in [1.29, 1.82) is 5.26 Å². The Labute approximate surface area is 219 Å². The van der Waals surface area contributed by atoms with Gasteiger partial charge in [0.2, 0.25) is 15.9 Å². The molecular weight excluding hydrogens is 492 g/mol. The number of amides is 1. The van der Waals surface area contributed by atoms with Crippen LogP contribution in [0.3, 0.4) is 0 Å². The number of hydrogen-bond donors (Lipinski definition) is 2. The van der Waals surface area contributed by atoms with Crippen LogP contribution in [0.2, 0.25) is 0 Å². The van der Waals surface area contributed by atoms with Crippen molar-refractivity contribution in [2.24, 2.45) is 5.92 Å². The molecule has 1 aliphatic rings. The number of sulfonamides is 1. The molecule has 2 aromatic rings. The summed E-state index contributed by atoms with van der Waals surface area (Å²) in [6, 6.07) is 14.3. The lowest BCUT2D eigenvalue weighted by molar-refractivity contribution is -0.122. The van der Waals surface area contributed by atoms with Crippen molar-refractivity contribution >= 4 is 15.9 Å². The van der Waals surface area contributed by atoms with Gasteiger partial charge in [-0.2, -0.15) is 9.57 Å². The molecular formula is C27H36N4O5S. The first-order valence-corrected chi connectivity index (χ1v) is 13.9. The number of carbonyl (C=O) groups is 1. The van der Waals surface area contributed by atoms with Gasteiger partial charge < -0.3 is 15.2 Å². The molecule has 1 saturated heterocycles. The number of nitrogens with one attached hydrogen (secondary N) is 1. The third-order valence-electron chi connectivity index (χ3n) is 6.53. The summed E-state index contributed by atoms with van der Waals surface area (Å²) >= 11 is 0. The third-order valence-corrected chi connectivity index (χ3v) is 8.55. The van der Waals surface area contributed by atoms with E-state index in [0.717, 1.165) is 0 Å². The second-order valence-corrected chi connectivity index (χ2v) is 11.4. The van der Waals surface area contributed by atoms with Crippen LogP contribution >= 0.6 is 0 Å². The predicted molar refractivity (Wildman–Crippen MR) is 142 cm³/mol. The summed E-state index contributed by atoms with van der Waals surface area (Å²) in [6.07, 6.45) is 0.427. The molecule has 200 valence electrons. The Balaban J connectivity index is 2.17. The van der Waals surface area contributed by atoms with E-state index in [2.05, 4.69) is 5.32 Å². The van der Waals surface area contributed by atoms with Crippen LogP contribution in [0.5, 0.6) is 5.75 Å². The van der Waals surface area contributed by atoms with Crippen LogP contribution in [0.1, 0.15) is 31.7 Å². The zero-order valence-electron chi connectivity index (χ0n) is 21.7. The number of benzene rings is 2. The Morgan fingerprint density at radius 2 is 1.81 bits per heavy atom. The Morgan fingerprint density at radius 3 is 2.38 bits per heavy atom. The summed E-state index contributed by atoms with van der Waals surface area (Å²) in [5.41, 5.74) is 1.64. The molecule has 0 aromatic heterocycles. The van der Waals surface area contributed by atoms with E-state index < -0.39 is 15.9 Å². The molecule has 9 nitrogen and oxygen atoms in total. The number of nitriles is 1. The van der Waals surface area contributed by atoms with Crippen LogP contribution in [-0.2, 0) is 14.8 Å². The molecule has 0 bridgehead atoms. The third kappa shape index (κ3) is 6.87. The standard InChI is InChI=1S/C27H36N4O5S/c1-20(2)19-25(27(33)29-12-11-28)24-6-4-5-23(21-7-9-22(36-3)10-8-21)26(24)37(34,35)31-15-13-30(14-16-31)17-18-32/h4-10,20,25,32H,12-19H2,1-3H3,(H,29,33). The van der Waals surface area contributed by atoms with Crippen molar-refractivity contribution in [1.82, 2.24) is 14.5 Å². The number of rotatable bonds is 11. The summed E-state index contributed by atoms with van der Waals surface area (Å²) in [7, 11) is -2.42. The average Bonchev–Trinajstić information content (AvgIpc) is 2.90. The molecule has 0 radical (unpaired) electrons. The topological polar surface area (TPSA) is 123 Å². The minimum Gasteiger partial charge on any atom is -0.497 e. The molecule has 0 spiro atoms. The Kier molecular flexibility index (Phi) is 10.1. The minimum atomic E-state index is -3.99. The lowest BCUT2D eigenvalue weighted by Crippen LogP contribution is -2.49. The van der Waals surface area contributed by atoms with Gasteiger partial charge in [0, 0.05) is 38.3 Å². The molecule has 1 fully saturated rings. The lowest BCUT2D eigenvalue weighted by atomic mass is 9.87. The number of aliphatic hydroxyl groups excluding tert-OH is 1. The van der Waals surface area contributed by atoms with Crippen LogP contribution in [0.4, 0.5) is 0 Å². The summed E-state index contributed by atoms with van der Waals surface area (Å²) in [5, 5.41) is 20.9. The first-order chi connectivity index (χ1) is 17.7. The van der Waals surface area contributed by atoms with Gasteiger partial charge >= 0.3 is 0 Å². The number of hydrogen-bond acceptors (Lipinski definition) is 7. The molecule has 37 heavy (non-hydrogen) atoms. The first-order valence-electron chi connectivity index (χ1n) is 12.5. The molecule has 2 N–H and O–H groups in total. The van der Waals surface area contributed by atoms with Gasteiger partial charge in [-0.15, -0.1) is 0 Å². The van der Waals surface area contributed by atoms with Gasteiger partial charge in [-0.25, -0.2) is 8.42 Å². The van der Waals surface area contributed by atoms with Gasteiger partial charge in [-0.1, -0.05) is 44.2 Å². The van der Waals surface area contributed by atoms with Crippen molar-refractivity contribution in [3.63, 3.8) is 0 Å². The minimum absolute atomic E-state index is 0.0197. The second kappa shape index (κ2) is 13.0. The van der Waals surface area contributed by atoms with E-state index in [4.69, 9.17) is 10.00 Å². The quantitative estimate of drug-likeness (QED) is 0.430.